The summed E-state index contributed by atoms with van der Waals surface area (Å²) in [4.78, 5) is 23.8. The van der Waals surface area contributed by atoms with E-state index in [1.165, 1.54) is 11.1 Å². The fourth-order valence-electron chi connectivity index (χ4n) is 3.08. The second-order valence-electron chi connectivity index (χ2n) is 7.48. The first-order chi connectivity index (χ1) is 17.4. The Hall–Kier alpha value is -3.64. The van der Waals surface area contributed by atoms with Crippen molar-refractivity contribution in [1.82, 2.24) is 15.6 Å². The third-order valence-corrected chi connectivity index (χ3v) is 4.98. The standard InChI is InChI=1S/C24H26ClN3O8/c1-2-33-24(32)35-15-34-22-11-21(36-27-22)23(31)26-28(13-20(30)14-29)12-16-6-8-17(9-7-16)18-4-3-5-19(25)10-18/h3-11,20,29-30H,2,12-15H2,1H3,(H,26,31). The highest BCUT2D eigenvalue weighted by Crippen LogP contribution is 2.23. The molecular formula is C24H26ClN3O8. The van der Waals surface area contributed by atoms with Crippen LogP contribution >= 0.6 is 11.6 Å². The van der Waals surface area contributed by atoms with Crippen LogP contribution in [0.5, 0.6) is 5.88 Å². The highest BCUT2D eigenvalue weighted by Gasteiger charge is 2.20. The van der Waals surface area contributed by atoms with Crippen LogP contribution in [0.15, 0.2) is 59.1 Å². The summed E-state index contributed by atoms with van der Waals surface area (Å²) in [5.74, 6) is -0.923. The van der Waals surface area contributed by atoms with Gasteiger partial charge in [-0.1, -0.05) is 48.0 Å². The van der Waals surface area contributed by atoms with E-state index < -0.39 is 31.6 Å². The summed E-state index contributed by atoms with van der Waals surface area (Å²) in [5, 5.41) is 24.8. The van der Waals surface area contributed by atoms with E-state index in [1.54, 1.807) is 13.0 Å². The number of hydrazine groups is 1. The number of halogens is 1. The van der Waals surface area contributed by atoms with Gasteiger partial charge in [-0.25, -0.2) is 9.80 Å². The minimum absolute atomic E-state index is 0.0524. The molecule has 1 heterocycles. The van der Waals surface area contributed by atoms with Gasteiger partial charge in [0.1, 0.15) is 0 Å². The number of rotatable bonds is 12. The summed E-state index contributed by atoms with van der Waals surface area (Å²) < 4.78 is 19.3. The van der Waals surface area contributed by atoms with Crippen LogP contribution in [-0.4, -0.2) is 65.1 Å². The molecule has 0 saturated carbocycles. The number of benzene rings is 2. The van der Waals surface area contributed by atoms with E-state index in [1.807, 2.05) is 42.5 Å². The molecule has 12 heteroatoms. The molecule has 0 aliphatic heterocycles. The molecule has 3 N–H and O–H groups in total. The zero-order valence-electron chi connectivity index (χ0n) is 19.4. The third-order valence-electron chi connectivity index (χ3n) is 4.74. The minimum atomic E-state index is -1.09. The van der Waals surface area contributed by atoms with Crippen molar-refractivity contribution in [2.24, 2.45) is 0 Å². The number of ether oxygens (including phenoxy) is 3. The maximum atomic E-state index is 12.7. The summed E-state index contributed by atoms with van der Waals surface area (Å²) in [6, 6.07) is 16.3. The Bertz CT molecular complexity index is 1140. The van der Waals surface area contributed by atoms with Gasteiger partial charge in [0.15, 0.2) is 0 Å². The Morgan fingerprint density at radius 3 is 2.61 bits per heavy atom. The van der Waals surface area contributed by atoms with Gasteiger partial charge >= 0.3 is 12.1 Å². The first-order valence-electron chi connectivity index (χ1n) is 11.0. The lowest BCUT2D eigenvalue weighted by atomic mass is 10.0. The average molecular weight is 520 g/mol. The number of amides is 1. The molecule has 1 atom stereocenters. The molecule has 0 spiro atoms. The Morgan fingerprint density at radius 1 is 1.14 bits per heavy atom. The lowest BCUT2D eigenvalue weighted by Crippen LogP contribution is -2.46. The SMILES string of the molecule is CCOC(=O)OCOc1cc(C(=O)NN(Cc2ccc(-c3cccc(Cl)c3)cc2)CC(O)CO)on1. The van der Waals surface area contributed by atoms with E-state index in [0.717, 1.165) is 16.7 Å². The van der Waals surface area contributed by atoms with E-state index >= 15 is 0 Å². The summed E-state index contributed by atoms with van der Waals surface area (Å²) in [7, 11) is 0. The number of hydrogen-bond acceptors (Lipinski definition) is 10. The number of nitrogens with one attached hydrogen (secondary N) is 1. The summed E-state index contributed by atoms with van der Waals surface area (Å²) in [6.07, 6.45) is -2.00. The lowest BCUT2D eigenvalue weighted by Gasteiger charge is -2.24. The van der Waals surface area contributed by atoms with Gasteiger partial charge in [0.2, 0.25) is 12.6 Å². The van der Waals surface area contributed by atoms with Gasteiger partial charge in [0, 0.05) is 18.1 Å². The van der Waals surface area contributed by atoms with Crippen LogP contribution in [0.2, 0.25) is 5.02 Å². The number of aliphatic hydroxyl groups excluding tert-OH is 2. The summed E-state index contributed by atoms with van der Waals surface area (Å²) >= 11 is 6.07. The molecule has 11 nitrogen and oxygen atoms in total. The number of nitrogens with zero attached hydrogens (tertiary/aromatic N) is 2. The zero-order valence-corrected chi connectivity index (χ0v) is 20.2. The fourth-order valence-corrected chi connectivity index (χ4v) is 3.27. The fraction of sp³-hybridized carbons (Fsp3) is 0.292. The van der Waals surface area contributed by atoms with Crippen LogP contribution in [0.1, 0.15) is 23.0 Å². The van der Waals surface area contributed by atoms with Crippen molar-refractivity contribution in [2.75, 3.05) is 26.6 Å². The molecule has 0 saturated heterocycles. The van der Waals surface area contributed by atoms with Crippen molar-refractivity contribution in [3.8, 4) is 17.0 Å². The molecule has 2 aromatic carbocycles. The molecule has 3 aromatic rings. The van der Waals surface area contributed by atoms with Crippen LogP contribution in [-0.2, 0) is 16.0 Å². The molecule has 0 aliphatic carbocycles. The van der Waals surface area contributed by atoms with Crippen molar-refractivity contribution >= 4 is 23.7 Å². The molecule has 0 bridgehead atoms. The monoisotopic (exact) mass is 519 g/mol. The van der Waals surface area contributed by atoms with E-state index in [0.29, 0.717) is 5.02 Å². The smallest absolute Gasteiger partial charge is 0.438 e. The van der Waals surface area contributed by atoms with E-state index in [2.05, 4.69) is 20.1 Å². The van der Waals surface area contributed by atoms with Crippen LogP contribution in [0.4, 0.5) is 4.79 Å². The second kappa shape index (κ2) is 13.4. The number of aliphatic hydroxyl groups is 2. The minimum Gasteiger partial charge on any atom is -0.438 e. The topological polar surface area (TPSA) is 144 Å². The van der Waals surface area contributed by atoms with Gasteiger partial charge in [0.25, 0.3) is 5.88 Å². The van der Waals surface area contributed by atoms with Gasteiger partial charge in [-0.15, -0.1) is 0 Å². The van der Waals surface area contributed by atoms with E-state index in [-0.39, 0.29) is 31.3 Å². The molecule has 0 fully saturated rings. The Labute approximate surface area is 212 Å². The predicted octanol–water partition coefficient (Wildman–Crippen LogP) is 3.00. The Morgan fingerprint density at radius 2 is 1.92 bits per heavy atom. The number of carbonyl (C=O) groups excluding carboxylic acids is 2. The second-order valence-corrected chi connectivity index (χ2v) is 7.92. The molecule has 192 valence electrons. The van der Waals surface area contributed by atoms with E-state index in [9.17, 15) is 19.8 Å². The summed E-state index contributed by atoms with van der Waals surface area (Å²) in [5.41, 5.74) is 5.38. The molecular weight excluding hydrogens is 494 g/mol. The molecule has 0 radical (unpaired) electrons. The normalized spacial score (nSPS) is 11.7. The van der Waals surface area contributed by atoms with Crippen molar-refractivity contribution in [1.29, 1.82) is 0 Å². The van der Waals surface area contributed by atoms with Gasteiger partial charge in [-0.05, 0) is 40.9 Å². The maximum Gasteiger partial charge on any atom is 0.511 e. The van der Waals surface area contributed by atoms with Gasteiger partial charge in [-0.2, -0.15) is 0 Å². The van der Waals surface area contributed by atoms with Crippen molar-refractivity contribution < 1.29 is 38.5 Å². The largest absolute Gasteiger partial charge is 0.511 e. The third kappa shape index (κ3) is 8.24. The zero-order chi connectivity index (χ0) is 25.9. The van der Waals surface area contributed by atoms with Crippen molar-refractivity contribution in [2.45, 2.75) is 19.6 Å². The highest BCUT2D eigenvalue weighted by atomic mass is 35.5. The maximum absolute atomic E-state index is 12.7. The van der Waals surface area contributed by atoms with Crippen molar-refractivity contribution in [3.05, 3.63) is 70.9 Å². The van der Waals surface area contributed by atoms with Crippen LogP contribution in [0.3, 0.4) is 0 Å². The number of hydrogen-bond donors (Lipinski definition) is 3. The molecule has 0 aliphatic rings. The van der Waals surface area contributed by atoms with Crippen LogP contribution < -0.4 is 10.2 Å². The Kier molecular flexibility index (Phi) is 10.1. The molecule has 1 aromatic heterocycles. The van der Waals surface area contributed by atoms with E-state index in [4.69, 9.17) is 20.9 Å². The first-order valence-corrected chi connectivity index (χ1v) is 11.3. The number of carbonyl (C=O) groups is 2. The molecule has 3 rings (SSSR count). The number of aromatic nitrogens is 1. The predicted molar refractivity (Wildman–Crippen MR) is 128 cm³/mol. The molecule has 1 amide bonds. The van der Waals surface area contributed by atoms with Crippen LogP contribution in [0.25, 0.3) is 11.1 Å². The van der Waals surface area contributed by atoms with Gasteiger partial charge < -0.3 is 28.9 Å². The highest BCUT2D eigenvalue weighted by molar-refractivity contribution is 6.30. The summed E-state index contributed by atoms with van der Waals surface area (Å²) in [6.45, 7) is 0.990. The lowest BCUT2D eigenvalue weighted by molar-refractivity contribution is 0.00421. The van der Waals surface area contributed by atoms with Gasteiger partial charge in [0.05, 0.1) is 25.4 Å². The van der Waals surface area contributed by atoms with Crippen LogP contribution in [0, 0.1) is 0 Å². The Balaban J connectivity index is 1.61. The molecule has 1 unspecified atom stereocenters. The quantitative estimate of drug-likeness (QED) is 0.185. The van der Waals surface area contributed by atoms with Gasteiger partial charge in [-0.3, -0.25) is 10.2 Å². The molecule has 36 heavy (non-hydrogen) atoms. The first kappa shape index (κ1) is 27.0. The average Bonchev–Trinajstić information content (AvgIpc) is 3.33. The van der Waals surface area contributed by atoms with Crippen molar-refractivity contribution in [3.63, 3.8) is 0 Å².